The average molecular weight is 488 g/mol. The average Bonchev–Trinajstić information content (AvgIpc) is 2.91. The lowest BCUT2D eigenvalue weighted by atomic mass is 9.48. The highest BCUT2D eigenvalue weighted by molar-refractivity contribution is 9.10. The van der Waals surface area contributed by atoms with Gasteiger partial charge in [0.2, 0.25) is 5.91 Å². The molecule has 6 rings (SSSR count). The standard InChI is InChI=1S/C24H30BrN3O3/c1-14(24-10-15-7-16(11-24)9-17(8-15)12-24)26-20(29)13-28-21(30)23(2,27-22(28)31)18-5-3-4-6-19(18)25/h3-6,14-17H,7-13H2,1-2H3,(H,26,29)(H,27,31)/t14-,15?,16?,17?,23+,24?/m1/s1. The summed E-state index contributed by atoms with van der Waals surface area (Å²) in [5.41, 5.74) is -0.327. The minimum atomic E-state index is -1.19. The summed E-state index contributed by atoms with van der Waals surface area (Å²) in [6.07, 6.45) is 7.67. The second-order valence-corrected chi connectivity index (χ2v) is 11.3. The predicted octanol–water partition coefficient (Wildman–Crippen LogP) is 3.94. The Labute approximate surface area is 191 Å². The molecule has 31 heavy (non-hydrogen) atoms. The lowest BCUT2D eigenvalue weighted by Crippen LogP contribution is -2.57. The summed E-state index contributed by atoms with van der Waals surface area (Å²) in [5, 5.41) is 5.94. The number of amides is 4. The number of hydrogen-bond donors (Lipinski definition) is 2. The topological polar surface area (TPSA) is 78.5 Å². The Morgan fingerprint density at radius 3 is 2.32 bits per heavy atom. The van der Waals surface area contributed by atoms with Gasteiger partial charge in [0.15, 0.2) is 0 Å². The molecule has 4 aliphatic carbocycles. The first-order valence-corrected chi connectivity index (χ1v) is 12.2. The van der Waals surface area contributed by atoms with Gasteiger partial charge in [0.25, 0.3) is 5.91 Å². The molecule has 5 fully saturated rings. The van der Waals surface area contributed by atoms with Gasteiger partial charge in [-0.25, -0.2) is 4.79 Å². The number of nitrogens with zero attached hydrogens (tertiary/aromatic N) is 1. The summed E-state index contributed by atoms with van der Waals surface area (Å²) in [4.78, 5) is 39.8. The molecule has 5 aliphatic rings. The van der Waals surface area contributed by atoms with E-state index in [-0.39, 0.29) is 23.9 Å². The van der Waals surface area contributed by atoms with Crippen LogP contribution in [0.3, 0.4) is 0 Å². The molecule has 1 saturated heterocycles. The van der Waals surface area contributed by atoms with Crippen molar-refractivity contribution in [3.63, 3.8) is 0 Å². The van der Waals surface area contributed by atoms with Gasteiger partial charge in [0.1, 0.15) is 12.1 Å². The fourth-order valence-electron chi connectivity index (χ4n) is 7.18. The van der Waals surface area contributed by atoms with Gasteiger partial charge in [-0.1, -0.05) is 34.1 Å². The van der Waals surface area contributed by atoms with Crippen LogP contribution >= 0.6 is 15.9 Å². The Morgan fingerprint density at radius 1 is 1.16 bits per heavy atom. The van der Waals surface area contributed by atoms with Crippen molar-refractivity contribution in [3.8, 4) is 0 Å². The Hall–Kier alpha value is -1.89. The molecule has 4 amide bonds. The summed E-state index contributed by atoms with van der Waals surface area (Å²) in [5.74, 6) is 1.76. The lowest BCUT2D eigenvalue weighted by molar-refractivity contribution is -0.136. The van der Waals surface area contributed by atoms with Crippen LogP contribution in [0.1, 0.15) is 57.9 Å². The molecule has 0 spiro atoms. The van der Waals surface area contributed by atoms with E-state index in [1.54, 1.807) is 13.0 Å². The number of imide groups is 1. The smallest absolute Gasteiger partial charge is 0.325 e. The van der Waals surface area contributed by atoms with Gasteiger partial charge in [0.05, 0.1) is 0 Å². The highest BCUT2D eigenvalue weighted by Gasteiger charge is 2.54. The van der Waals surface area contributed by atoms with E-state index < -0.39 is 17.5 Å². The molecule has 166 valence electrons. The summed E-state index contributed by atoms with van der Waals surface area (Å²) in [6.45, 7) is 3.55. The normalized spacial score (nSPS) is 37.1. The number of benzene rings is 1. The van der Waals surface area contributed by atoms with Gasteiger partial charge >= 0.3 is 6.03 Å². The van der Waals surface area contributed by atoms with Crippen LogP contribution in [0.2, 0.25) is 0 Å². The van der Waals surface area contributed by atoms with Crippen molar-refractivity contribution >= 4 is 33.8 Å². The molecule has 2 N–H and O–H groups in total. The number of halogens is 1. The summed E-state index contributed by atoms with van der Waals surface area (Å²) >= 11 is 3.47. The fraction of sp³-hybridized carbons (Fsp3) is 0.625. The van der Waals surface area contributed by atoms with Crippen LogP contribution in [0.15, 0.2) is 28.7 Å². The maximum absolute atomic E-state index is 13.2. The van der Waals surface area contributed by atoms with E-state index in [0.717, 1.165) is 27.1 Å². The van der Waals surface area contributed by atoms with Crippen molar-refractivity contribution in [2.75, 3.05) is 6.54 Å². The second kappa shape index (κ2) is 7.32. The summed E-state index contributed by atoms with van der Waals surface area (Å²) in [7, 11) is 0. The highest BCUT2D eigenvalue weighted by Crippen LogP contribution is 2.61. The van der Waals surface area contributed by atoms with Gasteiger partial charge in [-0.05, 0) is 81.6 Å². The number of nitrogens with one attached hydrogen (secondary N) is 2. The van der Waals surface area contributed by atoms with Crippen molar-refractivity contribution in [3.05, 3.63) is 34.3 Å². The fourth-order valence-corrected chi connectivity index (χ4v) is 7.86. The Kier molecular flexibility index (Phi) is 4.96. The third kappa shape index (κ3) is 3.40. The molecule has 1 heterocycles. The molecule has 1 aromatic carbocycles. The van der Waals surface area contributed by atoms with Crippen LogP contribution in [-0.4, -0.2) is 35.3 Å². The first kappa shape index (κ1) is 21.0. The Morgan fingerprint density at radius 2 is 1.74 bits per heavy atom. The molecule has 7 heteroatoms. The molecular formula is C24H30BrN3O3. The third-order valence-corrected chi connectivity index (χ3v) is 9.06. The first-order chi connectivity index (χ1) is 14.7. The van der Waals surface area contributed by atoms with Crippen LogP contribution in [0.4, 0.5) is 4.79 Å². The van der Waals surface area contributed by atoms with Gasteiger partial charge in [-0.3, -0.25) is 14.5 Å². The van der Waals surface area contributed by atoms with Crippen molar-refractivity contribution in [2.24, 2.45) is 23.2 Å². The maximum Gasteiger partial charge on any atom is 0.325 e. The maximum atomic E-state index is 13.2. The zero-order valence-electron chi connectivity index (χ0n) is 18.1. The van der Waals surface area contributed by atoms with Crippen molar-refractivity contribution < 1.29 is 14.4 Å². The molecule has 4 bridgehead atoms. The lowest BCUT2D eigenvalue weighted by Gasteiger charge is -2.59. The van der Waals surface area contributed by atoms with Crippen molar-refractivity contribution in [1.82, 2.24) is 15.5 Å². The van der Waals surface area contributed by atoms with E-state index in [9.17, 15) is 14.4 Å². The summed E-state index contributed by atoms with van der Waals surface area (Å²) in [6, 6.07) is 6.86. The van der Waals surface area contributed by atoms with Crippen LogP contribution in [0, 0.1) is 23.2 Å². The number of carbonyl (C=O) groups excluding carboxylic acids is 3. The number of urea groups is 1. The van der Waals surface area contributed by atoms with Crippen LogP contribution in [0.25, 0.3) is 0 Å². The third-order valence-electron chi connectivity index (χ3n) is 8.37. The monoisotopic (exact) mass is 487 g/mol. The van der Waals surface area contributed by atoms with E-state index in [1.165, 1.54) is 38.5 Å². The van der Waals surface area contributed by atoms with Crippen molar-refractivity contribution in [1.29, 1.82) is 0 Å². The predicted molar refractivity (Wildman–Crippen MR) is 120 cm³/mol. The Balaban J connectivity index is 1.27. The van der Waals surface area contributed by atoms with E-state index in [1.807, 2.05) is 18.2 Å². The largest absolute Gasteiger partial charge is 0.352 e. The SMILES string of the molecule is C[C@@H](NC(=O)CN1C(=O)N[C@@](C)(c2ccccc2Br)C1=O)C12CC3CC(CC(C3)C1)C2. The molecule has 0 radical (unpaired) electrons. The first-order valence-electron chi connectivity index (χ1n) is 11.4. The van der Waals surface area contributed by atoms with Crippen LogP contribution < -0.4 is 10.6 Å². The molecule has 1 aromatic rings. The number of rotatable bonds is 5. The number of hydrogen-bond acceptors (Lipinski definition) is 3. The van der Waals surface area contributed by atoms with E-state index in [4.69, 9.17) is 0 Å². The quantitative estimate of drug-likeness (QED) is 0.617. The van der Waals surface area contributed by atoms with E-state index in [0.29, 0.717) is 5.56 Å². The molecule has 0 aromatic heterocycles. The van der Waals surface area contributed by atoms with E-state index >= 15 is 0 Å². The van der Waals surface area contributed by atoms with Gasteiger partial charge in [-0.2, -0.15) is 0 Å². The Bertz CT molecular complexity index is 912. The zero-order valence-corrected chi connectivity index (χ0v) is 19.7. The van der Waals surface area contributed by atoms with Crippen LogP contribution in [0.5, 0.6) is 0 Å². The number of carbonyl (C=O) groups is 3. The minimum Gasteiger partial charge on any atom is -0.352 e. The molecular weight excluding hydrogens is 458 g/mol. The second-order valence-electron chi connectivity index (χ2n) is 10.5. The molecule has 1 aliphatic heterocycles. The zero-order chi connectivity index (χ0) is 22.0. The molecule has 6 nitrogen and oxygen atoms in total. The van der Waals surface area contributed by atoms with Gasteiger partial charge in [-0.15, -0.1) is 0 Å². The van der Waals surface area contributed by atoms with Gasteiger partial charge in [0, 0.05) is 16.1 Å². The van der Waals surface area contributed by atoms with Crippen molar-refractivity contribution in [2.45, 2.75) is 64.0 Å². The molecule has 0 unspecified atom stereocenters. The van der Waals surface area contributed by atoms with E-state index in [2.05, 4.69) is 33.5 Å². The minimum absolute atomic E-state index is 0.0591. The molecule has 4 saturated carbocycles. The van der Waals surface area contributed by atoms with Crippen LogP contribution in [-0.2, 0) is 15.1 Å². The van der Waals surface area contributed by atoms with Gasteiger partial charge < -0.3 is 10.6 Å². The highest BCUT2D eigenvalue weighted by atomic mass is 79.9. The summed E-state index contributed by atoms with van der Waals surface area (Å²) < 4.78 is 0.743. The molecule has 2 atom stereocenters.